The number of carbonyl (C=O) groups is 1. The topological polar surface area (TPSA) is 81.8 Å². The molecule has 1 fully saturated rings. The van der Waals surface area contributed by atoms with E-state index in [1.165, 1.54) is 6.07 Å². The van der Waals surface area contributed by atoms with Crippen LogP contribution < -0.4 is 4.74 Å². The van der Waals surface area contributed by atoms with E-state index >= 15 is 0 Å². The summed E-state index contributed by atoms with van der Waals surface area (Å²) in [6.45, 7) is 1.12. The van der Waals surface area contributed by atoms with Crippen LogP contribution in [-0.2, 0) is 4.74 Å². The van der Waals surface area contributed by atoms with Gasteiger partial charge in [0.05, 0.1) is 18.2 Å². The number of aromatic carboxylic acids is 1. The van der Waals surface area contributed by atoms with E-state index in [0.717, 1.165) is 0 Å². The Morgan fingerprint density at radius 2 is 2.20 bits per heavy atom. The molecule has 1 N–H and O–H groups in total. The molecule has 20 heavy (non-hydrogen) atoms. The van der Waals surface area contributed by atoms with Crippen LogP contribution in [0.15, 0.2) is 28.8 Å². The Bertz CT molecular complexity index is 650. The number of ether oxygens (including phenoxy) is 2. The van der Waals surface area contributed by atoms with Crippen molar-refractivity contribution in [3.05, 3.63) is 35.0 Å². The fourth-order valence-corrected chi connectivity index (χ4v) is 1.95. The van der Waals surface area contributed by atoms with Gasteiger partial charge in [0.1, 0.15) is 11.9 Å². The van der Waals surface area contributed by atoms with Gasteiger partial charge in [0, 0.05) is 11.6 Å². The molecule has 2 aromatic rings. The zero-order valence-electron chi connectivity index (χ0n) is 10.2. The molecule has 7 heteroatoms. The van der Waals surface area contributed by atoms with Crippen molar-refractivity contribution in [1.29, 1.82) is 0 Å². The molecule has 104 valence electrons. The maximum atomic E-state index is 10.7. The van der Waals surface area contributed by atoms with Gasteiger partial charge in [-0.25, -0.2) is 4.79 Å². The average molecular weight is 296 g/mol. The molecule has 6 nitrogen and oxygen atoms in total. The number of benzene rings is 1. The second-order valence-corrected chi connectivity index (χ2v) is 4.71. The van der Waals surface area contributed by atoms with E-state index in [9.17, 15) is 4.79 Å². The molecule has 0 saturated carbocycles. The van der Waals surface area contributed by atoms with Gasteiger partial charge in [0.15, 0.2) is 11.5 Å². The van der Waals surface area contributed by atoms with Gasteiger partial charge < -0.3 is 19.1 Å². The Balaban J connectivity index is 1.83. The molecule has 3 rings (SSSR count). The highest BCUT2D eigenvalue weighted by molar-refractivity contribution is 6.32. The molecule has 0 radical (unpaired) electrons. The minimum absolute atomic E-state index is 0.0299. The first-order valence-corrected chi connectivity index (χ1v) is 6.25. The predicted octanol–water partition coefficient (Wildman–Crippen LogP) is 2.47. The molecule has 1 aromatic carbocycles. The lowest BCUT2D eigenvalue weighted by atomic mass is 10.1. The quantitative estimate of drug-likeness (QED) is 0.933. The van der Waals surface area contributed by atoms with E-state index < -0.39 is 5.97 Å². The molecule has 0 spiro atoms. The summed E-state index contributed by atoms with van der Waals surface area (Å²) in [5.41, 5.74) is 0.482. The summed E-state index contributed by atoms with van der Waals surface area (Å²) >= 11 is 6.13. The number of halogens is 1. The summed E-state index contributed by atoms with van der Waals surface area (Å²) in [5, 5.41) is 12.7. The molecule has 1 aliphatic heterocycles. The third-order valence-electron chi connectivity index (χ3n) is 2.85. The van der Waals surface area contributed by atoms with Gasteiger partial charge in [0.25, 0.3) is 0 Å². The number of hydrogen-bond donors (Lipinski definition) is 1. The molecule has 1 saturated heterocycles. The molecule has 0 unspecified atom stereocenters. The SMILES string of the molecule is O=C(O)c1cc(-c2ccc(OC3COC3)c(Cl)c2)on1. The van der Waals surface area contributed by atoms with Crippen molar-refractivity contribution >= 4 is 17.6 Å². The van der Waals surface area contributed by atoms with Crippen LogP contribution in [0.4, 0.5) is 0 Å². The van der Waals surface area contributed by atoms with Crippen LogP contribution in [0.2, 0.25) is 5.02 Å². The number of carboxylic acids is 1. The molecular weight excluding hydrogens is 286 g/mol. The summed E-state index contributed by atoms with van der Waals surface area (Å²) in [6.07, 6.45) is 0.0299. The average Bonchev–Trinajstić information content (AvgIpc) is 2.84. The van der Waals surface area contributed by atoms with Gasteiger partial charge in [-0.3, -0.25) is 0 Å². The predicted molar refractivity (Wildman–Crippen MR) is 69.1 cm³/mol. The maximum absolute atomic E-state index is 10.7. The number of aromatic nitrogens is 1. The summed E-state index contributed by atoms with van der Waals surface area (Å²) in [4.78, 5) is 10.7. The molecule has 2 heterocycles. The van der Waals surface area contributed by atoms with E-state index in [4.69, 9.17) is 30.7 Å². The lowest BCUT2D eigenvalue weighted by Crippen LogP contribution is -2.38. The maximum Gasteiger partial charge on any atom is 0.358 e. The van der Waals surface area contributed by atoms with Crippen LogP contribution in [0.3, 0.4) is 0 Å². The van der Waals surface area contributed by atoms with Crippen LogP contribution in [-0.4, -0.2) is 35.6 Å². The third-order valence-corrected chi connectivity index (χ3v) is 3.14. The van der Waals surface area contributed by atoms with Gasteiger partial charge in [-0.05, 0) is 18.2 Å². The first-order chi connectivity index (χ1) is 9.63. The van der Waals surface area contributed by atoms with Crippen LogP contribution in [0.5, 0.6) is 5.75 Å². The monoisotopic (exact) mass is 295 g/mol. The van der Waals surface area contributed by atoms with Crippen LogP contribution in [0, 0.1) is 0 Å². The number of carboxylic acid groups (broad SMARTS) is 1. The highest BCUT2D eigenvalue weighted by Crippen LogP contribution is 2.32. The van der Waals surface area contributed by atoms with Crippen LogP contribution in [0.1, 0.15) is 10.5 Å². The van der Waals surface area contributed by atoms with E-state index in [-0.39, 0.29) is 11.8 Å². The largest absolute Gasteiger partial charge is 0.484 e. The molecule has 1 aromatic heterocycles. The Labute approximate surface area is 118 Å². The second-order valence-electron chi connectivity index (χ2n) is 4.30. The number of rotatable bonds is 4. The summed E-state index contributed by atoms with van der Waals surface area (Å²) in [5.74, 6) is -0.249. The van der Waals surface area contributed by atoms with Gasteiger partial charge in [-0.2, -0.15) is 0 Å². The van der Waals surface area contributed by atoms with Crippen LogP contribution in [0.25, 0.3) is 11.3 Å². The standard InChI is InChI=1S/C13H10ClNO5/c14-9-3-7(12-4-10(13(16)17)15-20-12)1-2-11(9)19-8-5-18-6-8/h1-4,8H,5-6H2,(H,16,17). The number of hydrogen-bond acceptors (Lipinski definition) is 5. The number of nitrogens with zero attached hydrogens (tertiary/aromatic N) is 1. The summed E-state index contributed by atoms with van der Waals surface area (Å²) in [6, 6.07) is 6.42. The zero-order chi connectivity index (χ0) is 14.1. The molecule has 0 aliphatic carbocycles. The Hall–Kier alpha value is -2.05. The normalized spacial score (nSPS) is 14.8. The van der Waals surface area contributed by atoms with Gasteiger partial charge in [0.2, 0.25) is 0 Å². The lowest BCUT2D eigenvalue weighted by molar-refractivity contribution is -0.0796. The van der Waals surface area contributed by atoms with Crippen molar-refractivity contribution in [3.63, 3.8) is 0 Å². The molecule has 0 amide bonds. The summed E-state index contributed by atoms with van der Waals surface area (Å²) < 4.78 is 15.6. The van der Waals surface area contributed by atoms with Gasteiger partial charge in [-0.1, -0.05) is 16.8 Å². The molecule has 1 aliphatic rings. The first kappa shape index (κ1) is 13.0. The summed E-state index contributed by atoms with van der Waals surface area (Å²) in [7, 11) is 0. The van der Waals surface area contributed by atoms with E-state index in [2.05, 4.69) is 5.16 Å². The Morgan fingerprint density at radius 1 is 1.40 bits per heavy atom. The van der Waals surface area contributed by atoms with E-state index in [1.807, 2.05) is 0 Å². The highest BCUT2D eigenvalue weighted by atomic mass is 35.5. The second kappa shape index (κ2) is 5.15. The molecular formula is C13H10ClNO5. The zero-order valence-corrected chi connectivity index (χ0v) is 11.0. The van der Waals surface area contributed by atoms with Crippen molar-refractivity contribution in [2.24, 2.45) is 0 Å². The van der Waals surface area contributed by atoms with Gasteiger partial charge in [-0.15, -0.1) is 0 Å². The highest BCUT2D eigenvalue weighted by Gasteiger charge is 2.21. The first-order valence-electron chi connectivity index (χ1n) is 5.88. The molecule has 0 bridgehead atoms. The van der Waals surface area contributed by atoms with Crippen molar-refractivity contribution in [3.8, 4) is 17.1 Å². The Kier molecular flexibility index (Phi) is 3.33. The van der Waals surface area contributed by atoms with E-state index in [1.54, 1.807) is 18.2 Å². The van der Waals surface area contributed by atoms with Crippen LogP contribution >= 0.6 is 11.6 Å². The lowest BCUT2D eigenvalue weighted by Gasteiger charge is -2.27. The third kappa shape index (κ3) is 2.48. The van der Waals surface area contributed by atoms with Crippen molar-refractivity contribution in [1.82, 2.24) is 5.16 Å². The Morgan fingerprint density at radius 3 is 2.75 bits per heavy atom. The van der Waals surface area contributed by atoms with Crippen molar-refractivity contribution in [2.75, 3.05) is 13.2 Å². The minimum Gasteiger partial charge on any atom is -0.484 e. The van der Waals surface area contributed by atoms with Crippen molar-refractivity contribution < 1.29 is 23.9 Å². The molecule has 0 atom stereocenters. The van der Waals surface area contributed by atoms with Crippen molar-refractivity contribution in [2.45, 2.75) is 6.10 Å². The smallest absolute Gasteiger partial charge is 0.358 e. The minimum atomic E-state index is -1.14. The van der Waals surface area contributed by atoms with E-state index in [0.29, 0.717) is 35.3 Å². The fourth-order valence-electron chi connectivity index (χ4n) is 1.72. The van der Waals surface area contributed by atoms with Gasteiger partial charge >= 0.3 is 5.97 Å². The fraction of sp³-hybridized carbons (Fsp3) is 0.231.